The number of aromatic hydroxyl groups is 1. The monoisotopic (exact) mass is 300 g/mol. The number of halogens is 2. The highest BCUT2D eigenvalue weighted by atomic mass is 19.1. The highest BCUT2D eigenvalue weighted by Gasteiger charge is 2.32. The first-order valence-electron chi connectivity index (χ1n) is 6.36. The molecule has 6 heteroatoms. The molecule has 2 aromatic carbocycles. The van der Waals surface area contributed by atoms with Gasteiger partial charge >= 0.3 is 0 Å². The second-order valence-electron chi connectivity index (χ2n) is 4.81. The molecule has 0 saturated heterocycles. The third kappa shape index (κ3) is 2.13. The van der Waals surface area contributed by atoms with E-state index in [1.54, 1.807) is 0 Å². The van der Waals surface area contributed by atoms with E-state index in [4.69, 9.17) is 10.5 Å². The maximum Gasteiger partial charge on any atom is 0.205 e. The summed E-state index contributed by atoms with van der Waals surface area (Å²) in [6, 6.07) is 9.06. The van der Waals surface area contributed by atoms with E-state index in [1.807, 2.05) is 6.07 Å². The minimum atomic E-state index is -0.898. The molecule has 1 heterocycles. The number of ether oxygens (including phenoxy) is 1. The van der Waals surface area contributed by atoms with E-state index in [2.05, 4.69) is 0 Å². The Bertz CT molecular complexity index is 841. The minimum Gasteiger partial charge on any atom is -0.508 e. The predicted molar refractivity (Wildman–Crippen MR) is 73.8 cm³/mol. The van der Waals surface area contributed by atoms with E-state index in [0.29, 0.717) is 5.56 Å². The van der Waals surface area contributed by atoms with Crippen LogP contribution in [0.5, 0.6) is 11.5 Å². The van der Waals surface area contributed by atoms with Gasteiger partial charge in [-0.15, -0.1) is 0 Å². The quantitative estimate of drug-likeness (QED) is 0.848. The Labute approximate surface area is 124 Å². The summed E-state index contributed by atoms with van der Waals surface area (Å²) in [5.74, 6) is -2.25. The van der Waals surface area contributed by atoms with Gasteiger partial charge in [-0.1, -0.05) is 6.07 Å². The van der Waals surface area contributed by atoms with Crippen LogP contribution in [0, 0.1) is 23.0 Å². The number of benzene rings is 2. The summed E-state index contributed by atoms with van der Waals surface area (Å²) >= 11 is 0. The molecular weight excluding hydrogens is 290 g/mol. The Hall–Kier alpha value is -3.07. The summed E-state index contributed by atoms with van der Waals surface area (Å²) in [5, 5.41) is 18.8. The number of phenolic OH excluding ortho intramolecular Hbond substituents is 1. The first-order chi connectivity index (χ1) is 10.5. The number of nitriles is 1. The zero-order valence-electron chi connectivity index (χ0n) is 11.2. The standard InChI is InChI=1S/C16H10F2N2O2/c17-8-1-4-13(18)11(5-8)15-10-3-2-9(21)6-14(10)22-16(20)12(15)7-19/h1-6,15,21H,20H2/t15-/m0/s1. The Morgan fingerprint density at radius 1 is 1.14 bits per heavy atom. The SMILES string of the molecule is N#CC1=C(N)Oc2cc(O)ccc2[C@H]1c1cc(F)ccc1F. The van der Waals surface area contributed by atoms with Gasteiger partial charge in [0, 0.05) is 17.2 Å². The van der Waals surface area contributed by atoms with Gasteiger partial charge in [-0.05, 0) is 24.3 Å². The van der Waals surface area contributed by atoms with E-state index in [-0.39, 0.29) is 28.5 Å². The van der Waals surface area contributed by atoms with Gasteiger partial charge in [-0.25, -0.2) is 8.78 Å². The highest BCUT2D eigenvalue weighted by Crippen LogP contribution is 2.43. The number of phenols is 1. The number of rotatable bonds is 1. The lowest BCUT2D eigenvalue weighted by Crippen LogP contribution is -2.21. The van der Waals surface area contributed by atoms with Gasteiger partial charge in [0.2, 0.25) is 5.88 Å². The van der Waals surface area contributed by atoms with Gasteiger partial charge in [0.1, 0.15) is 34.8 Å². The Balaban J connectivity index is 2.28. The Kier molecular flexibility index (Phi) is 3.18. The lowest BCUT2D eigenvalue weighted by molar-refractivity contribution is 0.387. The summed E-state index contributed by atoms with van der Waals surface area (Å²) in [7, 11) is 0. The third-order valence-electron chi connectivity index (χ3n) is 3.47. The second kappa shape index (κ2) is 5.04. The van der Waals surface area contributed by atoms with Crippen molar-refractivity contribution < 1.29 is 18.6 Å². The van der Waals surface area contributed by atoms with Crippen LogP contribution in [-0.2, 0) is 0 Å². The van der Waals surface area contributed by atoms with E-state index in [1.165, 1.54) is 18.2 Å². The molecule has 2 aromatic rings. The van der Waals surface area contributed by atoms with E-state index in [9.17, 15) is 19.1 Å². The molecule has 0 fully saturated rings. The summed E-state index contributed by atoms with van der Waals surface area (Å²) in [5.41, 5.74) is 6.10. The summed E-state index contributed by atoms with van der Waals surface area (Å²) < 4.78 is 32.9. The van der Waals surface area contributed by atoms with Gasteiger partial charge in [0.05, 0.1) is 5.92 Å². The molecule has 0 radical (unpaired) electrons. The second-order valence-corrected chi connectivity index (χ2v) is 4.81. The molecule has 0 saturated carbocycles. The molecule has 3 N–H and O–H groups in total. The molecule has 110 valence electrons. The molecule has 0 spiro atoms. The van der Waals surface area contributed by atoms with Crippen LogP contribution in [0.3, 0.4) is 0 Å². The average Bonchev–Trinajstić information content (AvgIpc) is 2.48. The van der Waals surface area contributed by atoms with Crippen molar-refractivity contribution in [3.05, 3.63) is 70.6 Å². The summed E-state index contributed by atoms with van der Waals surface area (Å²) in [6.45, 7) is 0. The fourth-order valence-corrected chi connectivity index (χ4v) is 2.50. The van der Waals surface area contributed by atoms with Crippen molar-refractivity contribution in [3.63, 3.8) is 0 Å². The third-order valence-corrected chi connectivity index (χ3v) is 3.47. The molecule has 4 nitrogen and oxygen atoms in total. The van der Waals surface area contributed by atoms with Crippen LogP contribution >= 0.6 is 0 Å². The number of nitrogens with zero attached hydrogens (tertiary/aromatic N) is 1. The zero-order chi connectivity index (χ0) is 15.9. The number of hydrogen-bond donors (Lipinski definition) is 2. The first-order valence-corrected chi connectivity index (χ1v) is 6.36. The van der Waals surface area contributed by atoms with Crippen molar-refractivity contribution in [3.8, 4) is 17.6 Å². The van der Waals surface area contributed by atoms with Crippen molar-refractivity contribution in [2.24, 2.45) is 5.73 Å². The van der Waals surface area contributed by atoms with Gasteiger partial charge in [0.15, 0.2) is 0 Å². The van der Waals surface area contributed by atoms with Gasteiger partial charge in [-0.3, -0.25) is 0 Å². The smallest absolute Gasteiger partial charge is 0.205 e. The molecule has 1 atom stereocenters. The molecule has 22 heavy (non-hydrogen) atoms. The maximum absolute atomic E-state index is 14.1. The first kappa shape index (κ1) is 13.9. The topological polar surface area (TPSA) is 79.3 Å². The van der Waals surface area contributed by atoms with E-state index >= 15 is 0 Å². The predicted octanol–water partition coefficient (Wildman–Crippen LogP) is 2.89. The van der Waals surface area contributed by atoms with Crippen molar-refractivity contribution in [1.29, 1.82) is 5.26 Å². The van der Waals surface area contributed by atoms with Crippen LogP contribution in [0.15, 0.2) is 47.9 Å². The van der Waals surface area contributed by atoms with Crippen molar-refractivity contribution in [2.45, 2.75) is 5.92 Å². The highest BCUT2D eigenvalue weighted by molar-refractivity contribution is 5.57. The molecule has 1 aliphatic rings. The number of fused-ring (bicyclic) bond motifs is 1. The largest absolute Gasteiger partial charge is 0.508 e. The van der Waals surface area contributed by atoms with Gasteiger partial charge in [0.25, 0.3) is 0 Å². The lowest BCUT2D eigenvalue weighted by atomic mass is 9.83. The molecule has 0 bridgehead atoms. The number of nitrogens with two attached hydrogens (primary N) is 1. The fourth-order valence-electron chi connectivity index (χ4n) is 2.50. The molecule has 0 unspecified atom stereocenters. The van der Waals surface area contributed by atoms with Crippen LogP contribution in [0.2, 0.25) is 0 Å². The molecule has 0 aromatic heterocycles. The molecule has 1 aliphatic heterocycles. The van der Waals surface area contributed by atoms with Crippen LogP contribution in [0.25, 0.3) is 0 Å². The maximum atomic E-state index is 14.1. The summed E-state index contributed by atoms with van der Waals surface area (Å²) in [4.78, 5) is 0. The van der Waals surface area contributed by atoms with Crippen molar-refractivity contribution >= 4 is 0 Å². The Morgan fingerprint density at radius 2 is 1.91 bits per heavy atom. The minimum absolute atomic E-state index is 0.0114. The number of allylic oxidation sites excluding steroid dienone is 1. The zero-order valence-corrected chi connectivity index (χ0v) is 11.2. The van der Waals surface area contributed by atoms with Gasteiger partial charge in [-0.2, -0.15) is 5.26 Å². The van der Waals surface area contributed by atoms with Crippen molar-refractivity contribution in [2.75, 3.05) is 0 Å². The number of hydrogen-bond acceptors (Lipinski definition) is 4. The van der Waals surface area contributed by atoms with E-state index in [0.717, 1.165) is 18.2 Å². The van der Waals surface area contributed by atoms with Crippen LogP contribution in [0.1, 0.15) is 17.0 Å². The normalized spacial score (nSPS) is 16.7. The fraction of sp³-hybridized carbons (Fsp3) is 0.0625. The van der Waals surface area contributed by atoms with Gasteiger partial charge < -0.3 is 15.6 Å². The molecule has 0 amide bonds. The summed E-state index contributed by atoms with van der Waals surface area (Å²) in [6.07, 6.45) is 0. The lowest BCUT2D eigenvalue weighted by Gasteiger charge is -2.26. The van der Waals surface area contributed by atoms with Crippen molar-refractivity contribution in [1.82, 2.24) is 0 Å². The Morgan fingerprint density at radius 3 is 2.64 bits per heavy atom. The average molecular weight is 300 g/mol. The van der Waals surface area contributed by atoms with Crippen LogP contribution in [0.4, 0.5) is 8.78 Å². The molecular formula is C16H10F2N2O2. The van der Waals surface area contributed by atoms with E-state index < -0.39 is 17.6 Å². The molecule has 3 rings (SSSR count). The van der Waals surface area contributed by atoms with Crippen LogP contribution < -0.4 is 10.5 Å². The molecule has 0 aliphatic carbocycles. The van der Waals surface area contributed by atoms with Crippen LogP contribution in [-0.4, -0.2) is 5.11 Å².